The second-order valence-electron chi connectivity index (χ2n) is 2.97. The minimum Gasteiger partial charge on any atom is -0.478 e. The number of carbonyl (C=O) groups is 1. The summed E-state index contributed by atoms with van der Waals surface area (Å²) in [5.41, 5.74) is 11.1. The first-order chi connectivity index (χ1) is 6.91. The van der Waals surface area contributed by atoms with E-state index in [1.54, 1.807) is 13.0 Å². The number of primary amides is 1. The van der Waals surface area contributed by atoms with E-state index in [0.717, 1.165) is 0 Å². The summed E-state index contributed by atoms with van der Waals surface area (Å²) < 4.78 is 5.87. The Morgan fingerprint density at radius 1 is 1.60 bits per heavy atom. The molecule has 0 bridgehead atoms. The van der Waals surface area contributed by atoms with Crippen LogP contribution in [0, 0.1) is 0 Å². The highest BCUT2D eigenvalue weighted by molar-refractivity contribution is 9.10. The number of nitrogen functional groups attached to an aromatic ring is 1. The van der Waals surface area contributed by atoms with Gasteiger partial charge in [-0.2, -0.15) is 0 Å². The maximum Gasteiger partial charge on any atom is 0.258 e. The van der Waals surface area contributed by atoms with E-state index in [1.165, 1.54) is 6.07 Å². The lowest BCUT2D eigenvalue weighted by Gasteiger charge is -2.14. The van der Waals surface area contributed by atoms with Crippen LogP contribution in [0.1, 0.15) is 6.92 Å². The maximum atomic E-state index is 10.8. The standard InChI is InChI=1S/C9H10BrClN2O2/c1-4(9(13)14)15-8-6(10)2-5(11)3-7(8)12/h2-4H,12H2,1H3,(H2,13,14). The summed E-state index contributed by atoms with van der Waals surface area (Å²) in [4.78, 5) is 10.8. The summed E-state index contributed by atoms with van der Waals surface area (Å²) in [6.07, 6.45) is -0.746. The van der Waals surface area contributed by atoms with Crippen LogP contribution in [0.4, 0.5) is 5.69 Å². The van der Waals surface area contributed by atoms with Crippen LogP contribution in [0.25, 0.3) is 0 Å². The van der Waals surface area contributed by atoms with Crippen molar-refractivity contribution in [3.8, 4) is 5.75 Å². The van der Waals surface area contributed by atoms with E-state index < -0.39 is 12.0 Å². The lowest BCUT2D eigenvalue weighted by Crippen LogP contribution is -2.31. The Morgan fingerprint density at radius 2 is 2.20 bits per heavy atom. The molecule has 1 aromatic carbocycles. The second kappa shape index (κ2) is 4.72. The van der Waals surface area contributed by atoms with Gasteiger partial charge in [0.1, 0.15) is 0 Å². The highest BCUT2D eigenvalue weighted by atomic mass is 79.9. The normalized spacial score (nSPS) is 12.2. The Hall–Kier alpha value is -0.940. The summed E-state index contributed by atoms with van der Waals surface area (Å²) in [6, 6.07) is 3.16. The third-order valence-corrected chi connectivity index (χ3v) is 2.54. The van der Waals surface area contributed by atoms with Crippen molar-refractivity contribution in [2.75, 3.05) is 5.73 Å². The zero-order chi connectivity index (χ0) is 11.6. The molecule has 1 aromatic rings. The first kappa shape index (κ1) is 12.1. The number of nitrogens with two attached hydrogens (primary N) is 2. The molecule has 0 heterocycles. The van der Waals surface area contributed by atoms with E-state index in [0.29, 0.717) is 20.9 Å². The van der Waals surface area contributed by atoms with Gasteiger partial charge >= 0.3 is 0 Å². The average molecular weight is 294 g/mol. The van der Waals surface area contributed by atoms with Crippen LogP contribution in [0.15, 0.2) is 16.6 Å². The van der Waals surface area contributed by atoms with Gasteiger partial charge in [-0.1, -0.05) is 11.6 Å². The molecule has 1 unspecified atom stereocenters. The molecule has 1 atom stereocenters. The molecule has 15 heavy (non-hydrogen) atoms. The van der Waals surface area contributed by atoms with Gasteiger partial charge in [-0.05, 0) is 35.0 Å². The fourth-order valence-electron chi connectivity index (χ4n) is 0.939. The summed E-state index contributed by atoms with van der Waals surface area (Å²) in [5, 5.41) is 0.485. The van der Waals surface area contributed by atoms with Crippen LogP contribution in [0.2, 0.25) is 5.02 Å². The number of hydrogen-bond acceptors (Lipinski definition) is 3. The fraction of sp³-hybridized carbons (Fsp3) is 0.222. The van der Waals surface area contributed by atoms with E-state index >= 15 is 0 Å². The zero-order valence-electron chi connectivity index (χ0n) is 7.96. The molecule has 0 fully saturated rings. The van der Waals surface area contributed by atoms with E-state index in [9.17, 15) is 4.79 Å². The molecule has 0 aliphatic rings. The van der Waals surface area contributed by atoms with Gasteiger partial charge in [-0.15, -0.1) is 0 Å². The topological polar surface area (TPSA) is 78.3 Å². The van der Waals surface area contributed by atoms with Crippen molar-refractivity contribution in [1.82, 2.24) is 0 Å². The molecule has 1 amide bonds. The Balaban J connectivity index is 3.00. The van der Waals surface area contributed by atoms with Crippen LogP contribution in [0.5, 0.6) is 5.75 Å². The first-order valence-electron chi connectivity index (χ1n) is 4.12. The Kier molecular flexibility index (Phi) is 3.82. The van der Waals surface area contributed by atoms with Crippen LogP contribution in [-0.2, 0) is 4.79 Å². The molecule has 4 N–H and O–H groups in total. The number of carbonyl (C=O) groups excluding carboxylic acids is 1. The minimum absolute atomic E-state index is 0.350. The van der Waals surface area contributed by atoms with Gasteiger partial charge in [0.25, 0.3) is 5.91 Å². The molecule has 4 nitrogen and oxygen atoms in total. The molecule has 82 valence electrons. The van der Waals surface area contributed by atoms with Gasteiger partial charge < -0.3 is 16.2 Å². The van der Waals surface area contributed by atoms with Crippen molar-refractivity contribution in [1.29, 1.82) is 0 Å². The van der Waals surface area contributed by atoms with E-state index in [1.807, 2.05) is 0 Å². The predicted molar refractivity (Wildman–Crippen MR) is 62.8 cm³/mol. The van der Waals surface area contributed by atoms with Crippen LogP contribution in [0.3, 0.4) is 0 Å². The molecule has 0 radical (unpaired) electrons. The molecule has 0 aliphatic heterocycles. The summed E-state index contributed by atoms with van der Waals surface area (Å²) in [5.74, 6) is -0.193. The number of anilines is 1. The fourth-order valence-corrected chi connectivity index (χ4v) is 1.87. The molecule has 0 aliphatic carbocycles. The minimum atomic E-state index is -0.746. The largest absolute Gasteiger partial charge is 0.478 e. The Morgan fingerprint density at radius 3 is 2.67 bits per heavy atom. The van der Waals surface area contributed by atoms with Crippen LogP contribution in [-0.4, -0.2) is 12.0 Å². The SMILES string of the molecule is CC(Oc1c(N)cc(Cl)cc1Br)C(N)=O. The number of ether oxygens (including phenoxy) is 1. The van der Waals surface area contributed by atoms with Crippen molar-refractivity contribution < 1.29 is 9.53 Å². The lowest BCUT2D eigenvalue weighted by atomic mass is 10.3. The number of benzene rings is 1. The molecular formula is C9H10BrClN2O2. The molecule has 0 saturated heterocycles. The number of halogens is 2. The summed E-state index contributed by atoms with van der Waals surface area (Å²) >= 11 is 9.00. The third kappa shape index (κ3) is 3.00. The number of hydrogen-bond donors (Lipinski definition) is 2. The van der Waals surface area contributed by atoms with Crippen LogP contribution >= 0.6 is 27.5 Å². The van der Waals surface area contributed by atoms with Crippen molar-refractivity contribution in [3.63, 3.8) is 0 Å². The van der Waals surface area contributed by atoms with Gasteiger partial charge in [-0.3, -0.25) is 4.79 Å². The first-order valence-corrected chi connectivity index (χ1v) is 5.29. The molecule has 0 aromatic heterocycles. The smallest absolute Gasteiger partial charge is 0.258 e. The van der Waals surface area contributed by atoms with Crippen molar-refractivity contribution in [2.45, 2.75) is 13.0 Å². The van der Waals surface area contributed by atoms with Crippen molar-refractivity contribution in [3.05, 3.63) is 21.6 Å². The van der Waals surface area contributed by atoms with Gasteiger partial charge in [0.2, 0.25) is 0 Å². The van der Waals surface area contributed by atoms with Crippen LogP contribution < -0.4 is 16.2 Å². The van der Waals surface area contributed by atoms with Crippen molar-refractivity contribution >= 4 is 39.1 Å². The Bertz CT molecular complexity index is 375. The molecule has 0 spiro atoms. The summed E-state index contributed by atoms with van der Waals surface area (Å²) in [6.45, 7) is 1.54. The highest BCUT2D eigenvalue weighted by Crippen LogP contribution is 2.35. The quantitative estimate of drug-likeness (QED) is 0.836. The zero-order valence-corrected chi connectivity index (χ0v) is 10.3. The molecule has 1 rings (SSSR count). The number of amides is 1. The average Bonchev–Trinajstić information content (AvgIpc) is 2.10. The second-order valence-corrected chi connectivity index (χ2v) is 4.26. The van der Waals surface area contributed by atoms with E-state index in [2.05, 4.69) is 15.9 Å². The maximum absolute atomic E-state index is 10.8. The number of rotatable bonds is 3. The van der Waals surface area contributed by atoms with Gasteiger partial charge in [-0.25, -0.2) is 0 Å². The summed E-state index contributed by atoms with van der Waals surface area (Å²) in [7, 11) is 0. The van der Waals surface area contributed by atoms with E-state index in [4.69, 9.17) is 27.8 Å². The molecule has 0 saturated carbocycles. The third-order valence-electron chi connectivity index (χ3n) is 1.73. The van der Waals surface area contributed by atoms with Gasteiger partial charge in [0.05, 0.1) is 10.2 Å². The Labute approximate surface area is 101 Å². The van der Waals surface area contributed by atoms with Gasteiger partial charge in [0, 0.05) is 5.02 Å². The van der Waals surface area contributed by atoms with Gasteiger partial charge in [0.15, 0.2) is 11.9 Å². The predicted octanol–water partition coefficient (Wildman–Crippen LogP) is 1.94. The van der Waals surface area contributed by atoms with E-state index in [-0.39, 0.29) is 0 Å². The lowest BCUT2D eigenvalue weighted by molar-refractivity contribution is -0.123. The van der Waals surface area contributed by atoms with Crippen molar-refractivity contribution in [2.24, 2.45) is 5.73 Å². The monoisotopic (exact) mass is 292 g/mol. The highest BCUT2D eigenvalue weighted by Gasteiger charge is 2.15. The molecule has 6 heteroatoms. The molecular weight excluding hydrogens is 283 g/mol.